The second kappa shape index (κ2) is 5.90. The van der Waals surface area contributed by atoms with Crippen molar-refractivity contribution in [1.82, 2.24) is 15.3 Å². The van der Waals surface area contributed by atoms with Gasteiger partial charge in [-0.2, -0.15) is 0 Å². The number of hydrogen-bond acceptors (Lipinski definition) is 3. The standard InChI is InChI=1S/C17H20FN3/c1-3-4-15-13-10-19-8-7-16(13)21-17(20-15)12-6-5-11(2)14(18)9-12/h5-6,9,19H,3-4,7-8,10H2,1-2H3. The minimum atomic E-state index is -0.201. The Kier molecular flexibility index (Phi) is 3.97. The van der Waals surface area contributed by atoms with Gasteiger partial charge in [0.2, 0.25) is 0 Å². The Morgan fingerprint density at radius 3 is 2.90 bits per heavy atom. The van der Waals surface area contributed by atoms with Gasteiger partial charge in [-0.05, 0) is 25.0 Å². The predicted octanol–water partition coefficient (Wildman–Crippen LogP) is 3.19. The Balaban J connectivity index is 2.09. The van der Waals surface area contributed by atoms with Gasteiger partial charge in [-0.25, -0.2) is 14.4 Å². The van der Waals surface area contributed by atoms with Crippen LogP contribution in [0.25, 0.3) is 11.4 Å². The quantitative estimate of drug-likeness (QED) is 0.941. The van der Waals surface area contributed by atoms with E-state index in [1.165, 1.54) is 11.6 Å². The molecule has 0 unspecified atom stereocenters. The number of rotatable bonds is 3. The van der Waals surface area contributed by atoms with Crippen LogP contribution in [-0.4, -0.2) is 16.5 Å². The van der Waals surface area contributed by atoms with Crippen molar-refractivity contribution in [3.63, 3.8) is 0 Å². The SMILES string of the molecule is CCCc1nc(-c2ccc(C)c(F)c2)nc2c1CNCC2. The zero-order valence-corrected chi connectivity index (χ0v) is 12.5. The number of aromatic nitrogens is 2. The van der Waals surface area contributed by atoms with E-state index in [4.69, 9.17) is 4.98 Å². The van der Waals surface area contributed by atoms with Crippen LogP contribution in [0.3, 0.4) is 0 Å². The minimum Gasteiger partial charge on any atom is -0.312 e. The highest BCUT2D eigenvalue weighted by Gasteiger charge is 2.18. The molecule has 21 heavy (non-hydrogen) atoms. The van der Waals surface area contributed by atoms with Gasteiger partial charge in [-0.3, -0.25) is 0 Å². The molecule has 0 amide bonds. The first-order valence-electron chi connectivity index (χ1n) is 7.55. The molecular weight excluding hydrogens is 265 g/mol. The third-order valence-electron chi connectivity index (χ3n) is 3.94. The van der Waals surface area contributed by atoms with E-state index >= 15 is 0 Å². The fourth-order valence-electron chi connectivity index (χ4n) is 2.72. The Morgan fingerprint density at radius 2 is 2.14 bits per heavy atom. The zero-order valence-electron chi connectivity index (χ0n) is 12.5. The molecule has 2 heterocycles. The molecule has 0 bridgehead atoms. The van der Waals surface area contributed by atoms with E-state index in [9.17, 15) is 4.39 Å². The normalized spacial score (nSPS) is 14.0. The molecule has 1 aliphatic rings. The van der Waals surface area contributed by atoms with Gasteiger partial charge < -0.3 is 5.32 Å². The number of hydrogen-bond donors (Lipinski definition) is 1. The molecule has 0 atom stereocenters. The summed E-state index contributed by atoms with van der Waals surface area (Å²) in [5.74, 6) is 0.450. The number of nitrogens with zero attached hydrogens (tertiary/aromatic N) is 2. The molecule has 2 aromatic rings. The fourth-order valence-corrected chi connectivity index (χ4v) is 2.72. The second-order valence-corrected chi connectivity index (χ2v) is 5.56. The van der Waals surface area contributed by atoms with Crippen LogP contribution in [0.15, 0.2) is 18.2 Å². The summed E-state index contributed by atoms with van der Waals surface area (Å²) < 4.78 is 13.8. The van der Waals surface area contributed by atoms with Gasteiger partial charge in [0.15, 0.2) is 5.82 Å². The monoisotopic (exact) mass is 285 g/mol. The van der Waals surface area contributed by atoms with Crippen molar-refractivity contribution in [3.05, 3.63) is 46.5 Å². The molecule has 0 fully saturated rings. The van der Waals surface area contributed by atoms with Crippen molar-refractivity contribution in [2.75, 3.05) is 6.54 Å². The van der Waals surface area contributed by atoms with E-state index in [2.05, 4.69) is 17.2 Å². The van der Waals surface area contributed by atoms with E-state index in [1.54, 1.807) is 13.0 Å². The summed E-state index contributed by atoms with van der Waals surface area (Å²) in [6.45, 7) is 5.70. The maximum absolute atomic E-state index is 13.8. The lowest BCUT2D eigenvalue weighted by molar-refractivity contribution is 0.613. The summed E-state index contributed by atoms with van der Waals surface area (Å²) in [5.41, 5.74) is 4.86. The van der Waals surface area contributed by atoms with Crippen LogP contribution in [0, 0.1) is 12.7 Å². The van der Waals surface area contributed by atoms with Gasteiger partial charge >= 0.3 is 0 Å². The van der Waals surface area contributed by atoms with Crippen molar-refractivity contribution < 1.29 is 4.39 Å². The zero-order chi connectivity index (χ0) is 14.8. The lowest BCUT2D eigenvalue weighted by Gasteiger charge is -2.20. The van der Waals surface area contributed by atoms with Crippen molar-refractivity contribution in [2.24, 2.45) is 0 Å². The molecule has 1 aromatic carbocycles. The third kappa shape index (κ3) is 2.81. The Labute approximate surface area is 124 Å². The first-order chi connectivity index (χ1) is 10.2. The van der Waals surface area contributed by atoms with Crippen LogP contribution in [-0.2, 0) is 19.4 Å². The van der Waals surface area contributed by atoms with Crippen LogP contribution >= 0.6 is 0 Å². The average Bonchev–Trinajstić information content (AvgIpc) is 2.50. The van der Waals surface area contributed by atoms with Crippen LogP contribution in [0.4, 0.5) is 4.39 Å². The topological polar surface area (TPSA) is 37.8 Å². The highest BCUT2D eigenvalue weighted by Crippen LogP contribution is 2.23. The molecule has 0 aliphatic carbocycles. The Hall–Kier alpha value is -1.81. The molecule has 4 heteroatoms. The number of fused-ring (bicyclic) bond motifs is 1. The second-order valence-electron chi connectivity index (χ2n) is 5.56. The molecule has 1 aromatic heterocycles. The van der Waals surface area contributed by atoms with Crippen molar-refractivity contribution in [3.8, 4) is 11.4 Å². The Morgan fingerprint density at radius 1 is 1.29 bits per heavy atom. The predicted molar refractivity (Wildman–Crippen MR) is 81.6 cm³/mol. The van der Waals surface area contributed by atoms with Gasteiger partial charge in [0.05, 0.1) is 5.69 Å². The molecular formula is C17H20FN3. The molecule has 3 rings (SSSR count). The van der Waals surface area contributed by atoms with Gasteiger partial charge in [-0.1, -0.05) is 25.5 Å². The number of halogens is 1. The summed E-state index contributed by atoms with van der Waals surface area (Å²) in [7, 11) is 0. The summed E-state index contributed by atoms with van der Waals surface area (Å²) in [6, 6.07) is 5.22. The highest BCUT2D eigenvalue weighted by molar-refractivity contribution is 5.57. The van der Waals surface area contributed by atoms with Crippen LogP contribution in [0.1, 0.15) is 35.9 Å². The van der Waals surface area contributed by atoms with E-state index in [0.717, 1.165) is 49.3 Å². The van der Waals surface area contributed by atoms with Crippen molar-refractivity contribution >= 4 is 0 Å². The van der Waals surface area contributed by atoms with Crippen LogP contribution in [0.5, 0.6) is 0 Å². The smallest absolute Gasteiger partial charge is 0.159 e. The summed E-state index contributed by atoms with van der Waals surface area (Å²) in [5, 5.41) is 3.38. The lowest BCUT2D eigenvalue weighted by atomic mass is 10.0. The fraction of sp³-hybridized carbons (Fsp3) is 0.412. The van der Waals surface area contributed by atoms with Crippen molar-refractivity contribution in [2.45, 2.75) is 39.7 Å². The van der Waals surface area contributed by atoms with Gasteiger partial charge in [0.1, 0.15) is 5.82 Å². The van der Waals surface area contributed by atoms with Crippen LogP contribution in [0.2, 0.25) is 0 Å². The summed E-state index contributed by atoms with van der Waals surface area (Å²) >= 11 is 0. The van der Waals surface area contributed by atoms with E-state index in [1.807, 2.05) is 6.07 Å². The lowest BCUT2D eigenvalue weighted by Crippen LogP contribution is -2.26. The molecule has 0 saturated carbocycles. The number of nitrogens with one attached hydrogen (secondary N) is 1. The largest absolute Gasteiger partial charge is 0.312 e. The first-order valence-corrected chi connectivity index (χ1v) is 7.55. The van der Waals surface area contributed by atoms with E-state index in [-0.39, 0.29) is 5.82 Å². The minimum absolute atomic E-state index is 0.201. The maximum atomic E-state index is 13.8. The Bertz CT molecular complexity index is 667. The number of benzene rings is 1. The molecule has 110 valence electrons. The van der Waals surface area contributed by atoms with E-state index in [0.29, 0.717) is 11.4 Å². The molecule has 1 aliphatic heterocycles. The molecule has 0 radical (unpaired) electrons. The molecule has 3 nitrogen and oxygen atoms in total. The number of aryl methyl sites for hydroxylation is 2. The molecule has 1 N–H and O–H groups in total. The third-order valence-corrected chi connectivity index (χ3v) is 3.94. The summed E-state index contributed by atoms with van der Waals surface area (Å²) in [4.78, 5) is 9.38. The van der Waals surface area contributed by atoms with Crippen molar-refractivity contribution in [1.29, 1.82) is 0 Å². The molecule has 0 saturated heterocycles. The van der Waals surface area contributed by atoms with Gasteiger partial charge in [-0.15, -0.1) is 0 Å². The highest BCUT2D eigenvalue weighted by atomic mass is 19.1. The molecule has 0 spiro atoms. The van der Waals surface area contributed by atoms with Crippen LogP contribution < -0.4 is 5.32 Å². The van der Waals surface area contributed by atoms with Gasteiger partial charge in [0.25, 0.3) is 0 Å². The summed E-state index contributed by atoms with van der Waals surface area (Å²) in [6.07, 6.45) is 2.90. The first kappa shape index (κ1) is 14.1. The average molecular weight is 285 g/mol. The maximum Gasteiger partial charge on any atom is 0.159 e. The van der Waals surface area contributed by atoms with E-state index < -0.39 is 0 Å². The van der Waals surface area contributed by atoms with Gasteiger partial charge in [0, 0.05) is 36.3 Å².